The second-order valence-electron chi connectivity index (χ2n) is 5.55. The van der Waals surface area contributed by atoms with E-state index in [1.54, 1.807) is 0 Å². The van der Waals surface area contributed by atoms with Crippen molar-refractivity contribution in [1.29, 1.82) is 0 Å². The van der Waals surface area contributed by atoms with Crippen LogP contribution in [0.25, 0.3) is 0 Å². The van der Waals surface area contributed by atoms with Crippen LogP contribution in [0.4, 0.5) is 0 Å². The van der Waals surface area contributed by atoms with Crippen LogP contribution in [-0.2, 0) is 0 Å². The number of hydrogen-bond acceptors (Lipinski definition) is 2. The van der Waals surface area contributed by atoms with Crippen molar-refractivity contribution in [3.8, 4) is 0 Å². The summed E-state index contributed by atoms with van der Waals surface area (Å²) in [6, 6.07) is 9.98. The highest BCUT2D eigenvalue weighted by molar-refractivity contribution is 7.99. The van der Waals surface area contributed by atoms with Crippen LogP contribution in [0, 0.1) is 5.92 Å². The average molecular weight is 263 g/mol. The Morgan fingerprint density at radius 3 is 2.44 bits per heavy atom. The standard InChI is InChI=1S/C16H25NS/c1-5-14-15(10-16(14)17-4)12-6-8-13(9-7-12)18-11(2)3/h6-9,11,14-17H,5,10H2,1-4H3. The van der Waals surface area contributed by atoms with Crippen molar-refractivity contribution in [2.45, 2.75) is 55.7 Å². The molecule has 0 aromatic heterocycles. The topological polar surface area (TPSA) is 12.0 Å². The minimum absolute atomic E-state index is 0.664. The molecule has 0 radical (unpaired) electrons. The second kappa shape index (κ2) is 6.12. The molecule has 0 heterocycles. The molecule has 1 N–H and O–H groups in total. The highest BCUT2D eigenvalue weighted by atomic mass is 32.2. The molecule has 0 spiro atoms. The summed E-state index contributed by atoms with van der Waals surface area (Å²) in [5.74, 6) is 1.59. The Hall–Kier alpha value is -0.470. The molecule has 1 aromatic carbocycles. The van der Waals surface area contributed by atoms with Gasteiger partial charge in [-0.25, -0.2) is 0 Å². The molecular weight excluding hydrogens is 238 g/mol. The third-order valence-corrected chi connectivity index (χ3v) is 5.08. The van der Waals surface area contributed by atoms with Gasteiger partial charge in [-0.3, -0.25) is 0 Å². The predicted molar refractivity (Wildman–Crippen MR) is 81.4 cm³/mol. The molecule has 2 rings (SSSR count). The van der Waals surface area contributed by atoms with Crippen LogP contribution in [-0.4, -0.2) is 18.3 Å². The Bertz CT molecular complexity index is 371. The number of benzene rings is 1. The molecule has 1 aromatic rings. The Morgan fingerprint density at radius 2 is 1.94 bits per heavy atom. The zero-order valence-corrected chi connectivity index (χ0v) is 12.8. The maximum atomic E-state index is 3.44. The van der Waals surface area contributed by atoms with Gasteiger partial charge < -0.3 is 5.32 Å². The Labute approximate surface area is 116 Å². The van der Waals surface area contributed by atoms with Crippen molar-refractivity contribution in [1.82, 2.24) is 5.32 Å². The molecule has 1 nitrogen and oxygen atoms in total. The molecule has 1 fully saturated rings. The third-order valence-electron chi connectivity index (χ3n) is 4.06. The van der Waals surface area contributed by atoms with Crippen molar-refractivity contribution in [2.75, 3.05) is 7.05 Å². The second-order valence-corrected chi connectivity index (χ2v) is 7.20. The maximum Gasteiger partial charge on any atom is 0.0104 e. The van der Waals surface area contributed by atoms with Gasteiger partial charge in [-0.05, 0) is 43.0 Å². The van der Waals surface area contributed by atoms with E-state index in [9.17, 15) is 0 Å². The lowest BCUT2D eigenvalue weighted by Crippen LogP contribution is -2.47. The van der Waals surface area contributed by atoms with Crippen molar-refractivity contribution in [2.24, 2.45) is 5.92 Å². The first-order valence-corrected chi connectivity index (χ1v) is 7.97. The Balaban J connectivity index is 2.02. The average Bonchev–Trinajstić information content (AvgIpc) is 2.30. The smallest absolute Gasteiger partial charge is 0.0104 e. The molecule has 3 unspecified atom stereocenters. The summed E-state index contributed by atoms with van der Waals surface area (Å²) in [5.41, 5.74) is 1.53. The van der Waals surface area contributed by atoms with Crippen molar-refractivity contribution in [3.05, 3.63) is 29.8 Å². The summed E-state index contributed by atoms with van der Waals surface area (Å²) in [6.07, 6.45) is 2.57. The van der Waals surface area contributed by atoms with Crippen LogP contribution < -0.4 is 5.32 Å². The summed E-state index contributed by atoms with van der Waals surface area (Å²) in [6.45, 7) is 6.80. The van der Waals surface area contributed by atoms with Gasteiger partial charge in [-0.1, -0.05) is 39.3 Å². The molecule has 1 saturated carbocycles. The minimum atomic E-state index is 0.664. The van der Waals surface area contributed by atoms with E-state index in [0.717, 1.165) is 17.9 Å². The number of rotatable bonds is 5. The van der Waals surface area contributed by atoms with Gasteiger partial charge in [0.25, 0.3) is 0 Å². The van der Waals surface area contributed by atoms with E-state index in [1.807, 2.05) is 11.8 Å². The molecule has 0 saturated heterocycles. The normalized spacial score (nSPS) is 27.3. The van der Waals surface area contributed by atoms with Crippen LogP contribution in [0.15, 0.2) is 29.2 Å². The fourth-order valence-corrected chi connectivity index (χ4v) is 3.90. The van der Waals surface area contributed by atoms with E-state index >= 15 is 0 Å². The highest BCUT2D eigenvalue weighted by Crippen LogP contribution is 2.44. The molecule has 3 atom stereocenters. The number of hydrogen-bond donors (Lipinski definition) is 1. The fraction of sp³-hybridized carbons (Fsp3) is 0.625. The molecule has 18 heavy (non-hydrogen) atoms. The van der Waals surface area contributed by atoms with E-state index in [2.05, 4.69) is 57.4 Å². The fourth-order valence-electron chi connectivity index (χ4n) is 3.06. The summed E-state index contributed by atoms with van der Waals surface area (Å²) < 4.78 is 0. The first kappa shape index (κ1) is 14.0. The van der Waals surface area contributed by atoms with Gasteiger partial charge in [0.2, 0.25) is 0 Å². The number of thioether (sulfide) groups is 1. The van der Waals surface area contributed by atoms with Crippen LogP contribution in [0.3, 0.4) is 0 Å². The molecule has 2 heteroatoms. The third kappa shape index (κ3) is 2.92. The lowest BCUT2D eigenvalue weighted by molar-refractivity contribution is 0.169. The predicted octanol–water partition coefficient (Wildman–Crippen LogP) is 4.29. The molecule has 1 aliphatic rings. The lowest BCUT2D eigenvalue weighted by atomic mass is 9.65. The van der Waals surface area contributed by atoms with Gasteiger partial charge in [0.15, 0.2) is 0 Å². The van der Waals surface area contributed by atoms with Gasteiger partial charge in [0.05, 0.1) is 0 Å². The largest absolute Gasteiger partial charge is 0.317 e. The monoisotopic (exact) mass is 263 g/mol. The molecular formula is C16H25NS. The van der Waals surface area contributed by atoms with Crippen LogP contribution >= 0.6 is 11.8 Å². The first-order chi connectivity index (χ1) is 8.65. The van der Waals surface area contributed by atoms with Gasteiger partial charge in [0.1, 0.15) is 0 Å². The lowest BCUT2D eigenvalue weighted by Gasteiger charge is -2.45. The highest BCUT2D eigenvalue weighted by Gasteiger charge is 2.39. The quantitative estimate of drug-likeness (QED) is 0.795. The van der Waals surface area contributed by atoms with Crippen LogP contribution in [0.1, 0.15) is 45.1 Å². The summed E-state index contributed by atoms with van der Waals surface area (Å²) in [5, 5.41) is 4.10. The number of nitrogens with one attached hydrogen (secondary N) is 1. The Morgan fingerprint density at radius 1 is 1.28 bits per heavy atom. The molecule has 100 valence electrons. The Kier molecular flexibility index (Phi) is 4.74. The molecule has 0 bridgehead atoms. The van der Waals surface area contributed by atoms with E-state index in [-0.39, 0.29) is 0 Å². The van der Waals surface area contributed by atoms with E-state index in [4.69, 9.17) is 0 Å². The molecule has 1 aliphatic carbocycles. The summed E-state index contributed by atoms with van der Waals surface area (Å²) >= 11 is 1.94. The van der Waals surface area contributed by atoms with E-state index in [1.165, 1.54) is 23.3 Å². The van der Waals surface area contributed by atoms with Crippen LogP contribution in [0.2, 0.25) is 0 Å². The maximum absolute atomic E-state index is 3.44. The molecule has 0 aliphatic heterocycles. The van der Waals surface area contributed by atoms with Crippen molar-refractivity contribution >= 4 is 11.8 Å². The zero-order valence-electron chi connectivity index (χ0n) is 11.9. The van der Waals surface area contributed by atoms with E-state index in [0.29, 0.717) is 5.25 Å². The van der Waals surface area contributed by atoms with Gasteiger partial charge in [-0.2, -0.15) is 0 Å². The van der Waals surface area contributed by atoms with Crippen molar-refractivity contribution < 1.29 is 0 Å². The summed E-state index contributed by atoms with van der Waals surface area (Å²) in [4.78, 5) is 1.39. The van der Waals surface area contributed by atoms with Crippen molar-refractivity contribution in [3.63, 3.8) is 0 Å². The summed E-state index contributed by atoms with van der Waals surface area (Å²) in [7, 11) is 2.09. The molecule has 0 amide bonds. The van der Waals surface area contributed by atoms with Gasteiger partial charge in [0, 0.05) is 16.2 Å². The van der Waals surface area contributed by atoms with Crippen LogP contribution in [0.5, 0.6) is 0 Å². The SMILES string of the molecule is CCC1C(NC)CC1c1ccc(SC(C)C)cc1. The zero-order chi connectivity index (χ0) is 13.1. The van der Waals surface area contributed by atoms with Gasteiger partial charge in [-0.15, -0.1) is 11.8 Å². The van der Waals surface area contributed by atoms with E-state index < -0.39 is 0 Å². The van der Waals surface area contributed by atoms with Gasteiger partial charge >= 0.3 is 0 Å². The first-order valence-electron chi connectivity index (χ1n) is 7.09. The minimum Gasteiger partial charge on any atom is -0.317 e.